The maximum Gasteiger partial charge on any atom is 0.0682 e. The highest BCUT2D eigenvalue weighted by Gasteiger charge is 2.06. The third kappa shape index (κ3) is 3.34. The van der Waals surface area contributed by atoms with E-state index < -0.39 is 0 Å². The van der Waals surface area contributed by atoms with Crippen molar-refractivity contribution in [3.63, 3.8) is 0 Å². The molecule has 0 heterocycles. The van der Waals surface area contributed by atoms with Gasteiger partial charge in [-0.15, -0.1) is 0 Å². The van der Waals surface area contributed by atoms with Crippen LogP contribution < -0.4 is 0 Å². The molecule has 0 aromatic heterocycles. The average Bonchev–Trinajstić information content (AvgIpc) is 2.36. The van der Waals surface area contributed by atoms with E-state index in [-0.39, 0.29) is 6.61 Å². The Labute approximate surface area is 125 Å². The average molecular weight is 320 g/mol. The van der Waals surface area contributed by atoms with Gasteiger partial charge in [0.2, 0.25) is 0 Å². The molecule has 1 nitrogen and oxygen atoms in total. The van der Waals surface area contributed by atoms with E-state index in [1.807, 2.05) is 18.2 Å². The van der Waals surface area contributed by atoms with E-state index in [9.17, 15) is 0 Å². The molecule has 2 aromatic rings. The van der Waals surface area contributed by atoms with Crippen molar-refractivity contribution < 1.29 is 5.11 Å². The smallest absolute Gasteiger partial charge is 0.0682 e. The van der Waals surface area contributed by atoms with Crippen LogP contribution in [0.15, 0.2) is 46.2 Å². The van der Waals surface area contributed by atoms with Gasteiger partial charge in [0, 0.05) is 9.79 Å². The van der Waals surface area contributed by atoms with E-state index in [1.165, 1.54) is 11.8 Å². The number of aliphatic hydroxyl groups excluding tert-OH is 1. The van der Waals surface area contributed by atoms with Gasteiger partial charge in [0.05, 0.1) is 21.7 Å². The minimum absolute atomic E-state index is 0.0164. The van der Waals surface area contributed by atoms with Gasteiger partial charge in [-0.25, -0.2) is 0 Å². The SMILES string of the molecule is OCc1ccc(Sc2ccc(Cl)c(Cl)c2)c(Cl)c1. The van der Waals surface area contributed by atoms with Crippen molar-refractivity contribution in [1.29, 1.82) is 0 Å². The summed E-state index contributed by atoms with van der Waals surface area (Å²) in [7, 11) is 0. The van der Waals surface area contributed by atoms with Crippen LogP contribution >= 0.6 is 46.6 Å². The van der Waals surface area contributed by atoms with Crippen LogP contribution in [0.25, 0.3) is 0 Å². The summed E-state index contributed by atoms with van der Waals surface area (Å²) in [6.45, 7) is -0.0164. The summed E-state index contributed by atoms with van der Waals surface area (Å²) in [5.74, 6) is 0. The molecule has 2 aromatic carbocycles. The second-order valence-electron chi connectivity index (χ2n) is 3.60. The van der Waals surface area contributed by atoms with E-state index in [4.69, 9.17) is 39.9 Å². The maximum atomic E-state index is 9.01. The van der Waals surface area contributed by atoms with Gasteiger partial charge in [-0.1, -0.05) is 52.6 Å². The highest BCUT2D eigenvalue weighted by Crippen LogP contribution is 2.36. The lowest BCUT2D eigenvalue weighted by atomic mass is 10.2. The van der Waals surface area contributed by atoms with Crippen molar-refractivity contribution in [3.8, 4) is 0 Å². The first kappa shape index (κ1) is 14.0. The number of hydrogen-bond donors (Lipinski definition) is 1. The summed E-state index contributed by atoms with van der Waals surface area (Å²) in [6, 6.07) is 10.9. The molecule has 5 heteroatoms. The minimum Gasteiger partial charge on any atom is -0.392 e. The Morgan fingerprint density at radius 2 is 1.67 bits per heavy atom. The highest BCUT2D eigenvalue weighted by atomic mass is 35.5. The lowest BCUT2D eigenvalue weighted by Crippen LogP contribution is -1.84. The van der Waals surface area contributed by atoms with Gasteiger partial charge < -0.3 is 5.11 Å². The summed E-state index contributed by atoms with van der Waals surface area (Å²) in [4.78, 5) is 1.87. The molecule has 0 unspecified atom stereocenters. The van der Waals surface area contributed by atoms with Gasteiger partial charge >= 0.3 is 0 Å². The molecule has 94 valence electrons. The van der Waals surface area contributed by atoms with E-state index in [0.29, 0.717) is 15.1 Å². The fourth-order valence-electron chi connectivity index (χ4n) is 1.39. The topological polar surface area (TPSA) is 20.2 Å². The van der Waals surface area contributed by atoms with Crippen LogP contribution in [-0.2, 0) is 6.61 Å². The van der Waals surface area contributed by atoms with Crippen LogP contribution in [0.3, 0.4) is 0 Å². The van der Waals surface area contributed by atoms with Crippen LogP contribution in [-0.4, -0.2) is 5.11 Å². The first-order valence-electron chi connectivity index (χ1n) is 5.12. The standard InChI is InChI=1S/C13H9Cl3OS/c14-10-3-2-9(6-11(10)15)18-13-4-1-8(7-17)5-12(13)16/h1-6,17H,7H2. The van der Waals surface area contributed by atoms with Crippen molar-refractivity contribution in [2.75, 3.05) is 0 Å². The van der Waals surface area contributed by atoms with E-state index in [2.05, 4.69) is 0 Å². The zero-order valence-corrected chi connectivity index (χ0v) is 12.2. The second kappa shape index (κ2) is 6.18. The van der Waals surface area contributed by atoms with Crippen LogP contribution in [0.2, 0.25) is 15.1 Å². The van der Waals surface area contributed by atoms with E-state index in [1.54, 1.807) is 18.2 Å². The zero-order valence-electron chi connectivity index (χ0n) is 9.16. The Bertz CT molecular complexity index is 572. The van der Waals surface area contributed by atoms with E-state index in [0.717, 1.165) is 15.4 Å². The molecule has 0 spiro atoms. The monoisotopic (exact) mass is 318 g/mol. The molecular weight excluding hydrogens is 311 g/mol. The number of aliphatic hydroxyl groups is 1. The first-order valence-corrected chi connectivity index (χ1v) is 7.07. The molecular formula is C13H9Cl3OS. The molecule has 0 atom stereocenters. The highest BCUT2D eigenvalue weighted by molar-refractivity contribution is 7.99. The lowest BCUT2D eigenvalue weighted by molar-refractivity contribution is 0.282. The number of benzene rings is 2. The summed E-state index contributed by atoms with van der Waals surface area (Å²) in [5.41, 5.74) is 0.790. The summed E-state index contributed by atoms with van der Waals surface area (Å²) in [6.07, 6.45) is 0. The first-order chi connectivity index (χ1) is 8.60. The van der Waals surface area contributed by atoms with Crippen LogP contribution in [0.4, 0.5) is 0 Å². The molecule has 0 saturated heterocycles. The third-order valence-electron chi connectivity index (χ3n) is 2.30. The van der Waals surface area contributed by atoms with Crippen LogP contribution in [0, 0.1) is 0 Å². The Balaban J connectivity index is 2.25. The van der Waals surface area contributed by atoms with Gasteiger partial charge in [-0.2, -0.15) is 0 Å². The summed E-state index contributed by atoms with van der Waals surface area (Å²) < 4.78 is 0. The Hall–Kier alpha value is -0.380. The molecule has 0 amide bonds. The number of halogens is 3. The van der Waals surface area contributed by atoms with Gasteiger partial charge in [-0.3, -0.25) is 0 Å². The molecule has 0 fully saturated rings. The molecule has 2 rings (SSSR count). The molecule has 0 aliphatic rings. The third-order valence-corrected chi connectivity index (χ3v) is 4.53. The number of hydrogen-bond acceptors (Lipinski definition) is 2. The second-order valence-corrected chi connectivity index (χ2v) is 5.94. The van der Waals surface area contributed by atoms with Crippen molar-refractivity contribution in [2.45, 2.75) is 16.4 Å². The van der Waals surface area contributed by atoms with Crippen molar-refractivity contribution in [2.24, 2.45) is 0 Å². The van der Waals surface area contributed by atoms with Crippen LogP contribution in [0.1, 0.15) is 5.56 Å². The quantitative estimate of drug-likeness (QED) is 0.829. The van der Waals surface area contributed by atoms with Crippen molar-refractivity contribution in [1.82, 2.24) is 0 Å². The molecule has 0 aliphatic heterocycles. The Morgan fingerprint density at radius 1 is 0.889 bits per heavy atom. The van der Waals surface area contributed by atoms with E-state index >= 15 is 0 Å². The molecule has 0 bridgehead atoms. The largest absolute Gasteiger partial charge is 0.392 e. The number of rotatable bonds is 3. The van der Waals surface area contributed by atoms with Gasteiger partial charge in [0.15, 0.2) is 0 Å². The molecule has 0 saturated carbocycles. The van der Waals surface area contributed by atoms with Crippen molar-refractivity contribution in [3.05, 3.63) is 57.0 Å². The predicted octanol–water partition coefficient (Wildman–Crippen LogP) is 5.29. The zero-order chi connectivity index (χ0) is 13.1. The molecule has 18 heavy (non-hydrogen) atoms. The van der Waals surface area contributed by atoms with Gasteiger partial charge in [0.1, 0.15) is 0 Å². The van der Waals surface area contributed by atoms with Gasteiger partial charge in [0.25, 0.3) is 0 Å². The fourth-order valence-corrected chi connectivity index (χ4v) is 2.93. The van der Waals surface area contributed by atoms with Gasteiger partial charge in [-0.05, 0) is 35.9 Å². The molecule has 1 N–H and O–H groups in total. The normalized spacial score (nSPS) is 10.7. The molecule has 0 aliphatic carbocycles. The lowest BCUT2D eigenvalue weighted by Gasteiger charge is -2.06. The van der Waals surface area contributed by atoms with Crippen LogP contribution in [0.5, 0.6) is 0 Å². The minimum atomic E-state index is -0.0164. The fraction of sp³-hybridized carbons (Fsp3) is 0.0769. The predicted molar refractivity (Wildman–Crippen MR) is 78.0 cm³/mol. The Kier molecular flexibility index (Phi) is 4.82. The van der Waals surface area contributed by atoms with Crippen molar-refractivity contribution >= 4 is 46.6 Å². The summed E-state index contributed by atoms with van der Waals surface area (Å²) in [5, 5.41) is 10.7. The maximum absolute atomic E-state index is 9.01. The Morgan fingerprint density at radius 3 is 2.28 bits per heavy atom. The molecule has 0 radical (unpaired) electrons. The summed E-state index contributed by atoms with van der Waals surface area (Å²) >= 11 is 19.5.